The Morgan fingerprint density at radius 3 is 2.43 bits per heavy atom. The van der Waals surface area contributed by atoms with Gasteiger partial charge in [0.2, 0.25) is 0 Å². The van der Waals surface area contributed by atoms with Crippen molar-refractivity contribution in [2.75, 3.05) is 0 Å². The van der Waals surface area contributed by atoms with Gasteiger partial charge < -0.3 is 4.74 Å². The lowest BCUT2D eigenvalue weighted by Gasteiger charge is -1.97. The largest absolute Gasteiger partial charge is 0.435 e. The van der Waals surface area contributed by atoms with Gasteiger partial charge in [-0.2, -0.15) is 0 Å². The maximum atomic E-state index is 9.76. The van der Waals surface area contributed by atoms with E-state index in [1.54, 1.807) is 0 Å². The van der Waals surface area contributed by atoms with E-state index in [1.807, 2.05) is 0 Å². The molecule has 0 fully saturated rings. The summed E-state index contributed by atoms with van der Waals surface area (Å²) < 4.78 is 4.19. The molecule has 0 aromatic rings. The molecule has 41 valence electrons. The molecule has 0 aliphatic rings. The van der Waals surface area contributed by atoms with Gasteiger partial charge in [0.15, 0.2) is 5.56 Å². The van der Waals surface area contributed by atoms with Crippen LogP contribution in [-0.4, -0.2) is 10.9 Å². The molecule has 0 aliphatic carbocycles. The summed E-state index contributed by atoms with van der Waals surface area (Å²) in [5, 5.41) is -0.762. The van der Waals surface area contributed by atoms with E-state index in [9.17, 15) is 4.79 Å². The second-order valence-electron chi connectivity index (χ2n) is 0.911. The van der Waals surface area contributed by atoms with Crippen LogP contribution in [-0.2, 0) is 4.74 Å². The predicted molar refractivity (Wildman–Crippen MR) is 29.4 cm³/mol. The second-order valence-corrected chi connectivity index (χ2v) is 1.86. The highest BCUT2D eigenvalue weighted by Gasteiger charge is 1.98. The molecule has 0 heterocycles. The molecule has 0 saturated carbocycles. The molecular weight excluding hydrogens is 136 g/mol. The average molecular weight is 140 g/mol. The minimum Gasteiger partial charge on any atom is -0.435 e. The number of carbonyl (C=O) groups excluding carboxylic acids is 1. The lowest BCUT2D eigenvalue weighted by atomic mass is 10.9. The molecule has 0 N–H and O–H groups in total. The maximum absolute atomic E-state index is 9.76. The van der Waals surface area contributed by atoms with E-state index in [4.69, 9.17) is 11.6 Å². The van der Waals surface area contributed by atoms with E-state index >= 15 is 0 Å². The van der Waals surface area contributed by atoms with Crippen molar-refractivity contribution in [2.45, 2.75) is 12.5 Å². The first-order chi connectivity index (χ1) is 3.13. The Morgan fingerprint density at radius 2 is 2.43 bits per heavy atom. The highest BCUT2D eigenvalue weighted by atomic mass is 35.5. The van der Waals surface area contributed by atoms with Gasteiger partial charge in [-0.05, 0) is 6.92 Å². The number of alkyl halides is 1. The molecule has 0 spiro atoms. The molecule has 7 heavy (non-hydrogen) atoms. The van der Waals surface area contributed by atoms with Gasteiger partial charge in [-0.3, -0.25) is 0 Å². The van der Waals surface area contributed by atoms with Crippen LogP contribution in [0.15, 0.2) is 0 Å². The number of hydrogen-bond acceptors (Lipinski definition) is 2. The van der Waals surface area contributed by atoms with Crippen LogP contribution in [0.3, 0.4) is 0 Å². The zero-order valence-corrected chi connectivity index (χ0v) is 5.25. The van der Waals surface area contributed by atoms with E-state index in [-0.39, 0.29) is 0 Å². The lowest BCUT2D eigenvalue weighted by Crippen LogP contribution is -2.00. The Kier molecular flexibility index (Phi) is 3.04. The smallest absolute Gasteiger partial charge is 0.401 e. The lowest BCUT2D eigenvalue weighted by molar-refractivity contribution is 0.168. The fraction of sp³-hybridized carbons (Fsp3) is 0.667. The molecule has 2 nitrogen and oxygen atoms in total. The third kappa shape index (κ3) is 5.98. The standard InChI is InChI=1S/C3H4ClO2S/c1-2(4)6-3(5)7/h2H,1H3. The van der Waals surface area contributed by atoms with Crippen molar-refractivity contribution in [1.82, 2.24) is 0 Å². The summed E-state index contributed by atoms with van der Waals surface area (Å²) in [6, 6.07) is 0. The van der Waals surface area contributed by atoms with Crippen LogP contribution in [0.1, 0.15) is 6.92 Å². The van der Waals surface area contributed by atoms with Crippen molar-refractivity contribution < 1.29 is 9.53 Å². The van der Waals surface area contributed by atoms with E-state index < -0.39 is 10.9 Å². The van der Waals surface area contributed by atoms with Crippen LogP contribution in [0.25, 0.3) is 0 Å². The average Bonchev–Trinajstić information content (AvgIpc) is 1.27. The second kappa shape index (κ2) is 3.04. The van der Waals surface area contributed by atoms with E-state index in [2.05, 4.69) is 17.4 Å². The summed E-state index contributed by atoms with van der Waals surface area (Å²) in [5.74, 6) is 0. The number of rotatable bonds is 1. The van der Waals surface area contributed by atoms with Crippen molar-refractivity contribution >= 4 is 29.5 Å². The molecule has 1 unspecified atom stereocenters. The van der Waals surface area contributed by atoms with Crippen LogP contribution < -0.4 is 0 Å². The van der Waals surface area contributed by atoms with Crippen molar-refractivity contribution in [1.29, 1.82) is 0 Å². The quantitative estimate of drug-likeness (QED) is 0.410. The van der Waals surface area contributed by atoms with E-state index in [0.717, 1.165) is 0 Å². The Balaban J connectivity index is 3.13. The molecule has 0 aromatic carbocycles. The summed E-state index contributed by atoms with van der Waals surface area (Å²) >= 11 is 9.17. The SMILES string of the molecule is CC(Cl)OC(=O)[S]. The summed E-state index contributed by atoms with van der Waals surface area (Å²) in [6.07, 6.45) is 0. The van der Waals surface area contributed by atoms with Crippen LogP contribution in [0.2, 0.25) is 0 Å². The molecule has 0 aromatic heterocycles. The molecule has 0 aliphatic heterocycles. The first-order valence-corrected chi connectivity index (χ1v) is 2.49. The van der Waals surface area contributed by atoms with Gasteiger partial charge in [-0.1, -0.05) is 11.6 Å². The van der Waals surface area contributed by atoms with E-state index in [0.29, 0.717) is 0 Å². The van der Waals surface area contributed by atoms with Gasteiger partial charge in [0.05, 0.1) is 0 Å². The van der Waals surface area contributed by atoms with E-state index in [1.165, 1.54) is 6.92 Å². The third-order valence-electron chi connectivity index (χ3n) is 0.259. The zero-order valence-electron chi connectivity index (χ0n) is 3.68. The van der Waals surface area contributed by atoms with Crippen LogP contribution >= 0.6 is 24.2 Å². The first-order valence-electron chi connectivity index (χ1n) is 1.64. The zero-order chi connectivity index (χ0) is 5.86. The van der Waals surface area contributed by atoms with Crippen LogP contribution in [0, 0.1) is 0 Å². The highest BCUT2D eigenvalue weighted by molar-refractivity contribution is 7.96. The number of halogens is 1. The van der Waals surface area contributed by atoms with Crippen molar-refractivity contribution in [2.24, 2.45) is 0 Å². The molecule has 4 heteroatoms. The molecule has 1 radical (unpaired) electrons. The van der Waals surface area contributed by atoms with Gasteiger partial charge in [0, 0.05) is 12.6 Å². The van der Waals surface area contributed by atoms with Crippen LogP contribution in [0.5, 0.6) is 0 Å². The molecular formula is C3H4ClO2S. The van der Waals surface area contributed by atoms with Gasteiger partial charge in [-0.15, -0.1) is 0 Å². The van der Waals surface area contributed by atoms with Crippen molar-refractivity contribution in [3.05, 3.63) is 0 Å². The Labute approximate surface area is 52.2 Å². The number of hydrogen-bond donors (Lipinski definition) is 0. The topological polar surface area (TPSA) is 26.3 Å². The molecule has 0 bridgehead atoms. The maximum Gasteiger partial charge on any atom is 0.401 e. The molecule has 0 rings (SSSR count). The number of ether oxygens (including phenoxy) is 1. The highest BCUT2D eigenvalue weighted by Crippen LogP contribution is 1.98. The van der Waals surface area contributed by atoms with Gasteiger partial charge in [0.25, 0.3) is 0 Å². The van der Waals surface area contributed by atoms with Crippen LogP contribution in [0.4, 0.5) is 4.79 Å². The van der Waals surface area contributed by atoms with Gasteiger partial charge >= 0.3 is 5.30 Å². The first kappa shape index (κ1) is 6.98. The summed E-state index contributed by atoms with van der Waals surface area (Å²) in [6.45, 7) is 1.52. The summed E-state index contributed by atoms with van der Waals surface area (Å²) in [7, 11) is 0. The monoisotopic (exact) mass is 139 g/mol. The fourth-order valence-electron chi connectivity index (χ4n) is 0.133. The van der Waals surface area contributed by atoms with Gasteiger partial charge in [-0.25, -0.2) is 4.79 Å². The van der Waals surface area contributed by atoms with Crippen molar-refractivity contribution in [3.8, 4) is 0 Å². The summed E-state index contributed by atoms with van der Waals surface area (Å²) in [5.41, 5.74) is -0.606. The van der Waals surface area contributed by atoms with Gasteiger partial charge in [0.1, 0.15) is 0 Å². The minimum absolute atomic E-state index is 0.606. The fourth-order valence-corrected chi connectivity index (χ4v) is 0.411. The Morgan fingerprint density at radius 1 is 2.00 bits per heavy atom. The Hall–Kier alpha value is -0.0200. The summed E-state index contributed by atoms with van der Waals surface area (Å²) in [4.78, 5) is 9.76. The predicted octanol–water partition coefficient (Wildman–Crippen LogP) is 1.91. The van der Waals surface area contributed by atoms with Crippen molar-refractivity contribution in [3.63, 3.8) is 0 Å². The molecule has 0 amide bonds. The molecule has 0 saturated heterocycles. The molecule has 1 atom stereocenters. The third-order valence-corrected chi connectivity index (χ3v) is 0.444. The Bertz CT molecular complexity index is 73.3. The normalized spacial score (nSPS) is 12.9. The number of carbonyl (C=O) groups is 1. The minimum atomic E-state index is -0.762.